The molecular formula is C61H41NO. The molecule has 1 aliphatic carbocycles. The van der Waals surface area contributed by atoms with E-state index in [-0.39, 0.29) is 0 Å². The van der Waals surface area contributed by atoms with E-state index in [0.717, 1.165) is 61.3 Å². The van der Waals surface area contributed by atoms with Gasteiger partial charge in [-0.3, -0.25) is 0 Å². The molecule has 0 atom stereocenters. The normalized spacial score (nSPS) is 12.6. The van der Waals surface area contributed by atoms with Gasteiger partial charge in [0.2, 0.25) is 0 Å². The molecule has 0 amide bonds. The van der Waals surface area contributed by atoms with Gasteiger partial charge in [-0.15, -0.1) is 0 Å². The minimum Gasteiger partial charge on any atom is -0.456 e. The molecule has 0 radical (unpaired) electrons. The van der Waals surface area contributed by atoms with E-state index in [2.05, 4.69) is 254 Å². The fourth-order valence-corrected chi connectivity index (χ4v) is 10.3. The lowest BCUT2D eigenvalue weighted by atomic mass is 9.67. The van der Waals surface area contributed by atoms with Crippen LogP contribution in [0.2, 0.25) is 0 Å². The molecule has 0 aliphatic heterocycles. The first-order chi connectivity index (χ1) is 31.3. The average Bonchev–Trinajstić information content (AvgIpc) is 3.89. The zero-order valence-corrected chi connectivity index (χ0v) is 34.5. The first-order valence-electron chi connectivity index (χ1n) is 21.7. The molecule has 0 fully saturated rings. The Morgan fingerprint density at radius 3 is 1.56 bits per heavy atom. The SMILES string of the molecule is c1ccc(-c2ccc(N(c3ccc4c(c3)C(c3ccccc3)(c3ccccc3)c3ccccc3-4)c3ccc4oc5ccccc5c4c3-c3ccccc3-c3ccccc3)cc2)cc1. The quantitative estimate of drug-likeness (QED) is 0.152. The molecular weight excluding hydrogens is 763 g/mol. The lowest BCUT2D eigenvalue weighted by Crippen LogP contribution is -2.28. The van der Waals surface area contributed by atoms with Crippen molar-refractivity contribution in [2.75, 3.05) is 4.90 Å². The summed E-state index contributed by atoms with van der Waals surface area (Å²) in [5, 5.41) is 2.18. The molecule has 0 unspecified atom stereocenters. The standard InChI is InChI=1S/C61H41NO/c1-5-19-42(20-6-1)43-33-35-47(36-34-43)62(48-37-38-51-50-28-15-17-31-54(50)61(55(51)41-48,45-23-9-3-10-24-45)46-25-11-4-12-26-46)56-39-40-58-60(53-30-16-18-32-57(53)63-58)59(56)52-29-14-13-27-49(52)44-21-7-2-8-22-44/h1-41H. The highest BCUT2D eigenvalue weighted by Crippen LogP contribution is 2.58. The van der Waals surface area contributed by atoms with E-state index >= 15 is 0 Å². The van der Waals surface area contributed by atoms with Crippen LogP contribution < -0.4 is 4.90 Å². The number of hydrogen-bond donors (Lipinski definition) is 0. The molecule has 63 heavy (non-hydrogen) atoms. The summed E-state index contributed by atoms with van der Waals surface area (Å²) in [6.45, 7) is 0. The Hall–Kier alpha value is -8.20. The van der Waals surface area contributed by atoms with Crippen molar-refractivity contribution >= 4 is 39.0 Å². The smallest absolute Gasteiger partial charge is 0.136 e. The minimum atomic E-state index is -0.555. The molecule has 2 heteroatoms. The third-order valence-corrected chi connectivity index (χ3v) is 13.0. The summed E-state index contributed by atoms with van der Waals surface area (Å²) in [6.07, 6.45) is 0. The molecule has 0 spiro atoms. The zero-order chi connectivity index (χ0) is 41.7. The predicted molar refractivity (Wildman–Crippen MR) is 262 cm³/mol. The van der Waals surface area contributed by atoms with Gasteiger partial charge in [0.15, 0.2) is 0 Å². The fourth-order valence-electron chi connectivity index (χ4n) is 10.3. The van der Waals surface area contributed by atoms with Gasteiger partial charge in [-0.2, -0.15) is 0 Å². The third-order valence-electron chi connectivity index (χ3n) is 13.0. The molecule has 1 heterocycles. The second kappa shape index (κ2) is 15.1. The van der Waals surface area contributed by atoms with E-state index in [9.17, 15) is 0 Å². The van der Waals surface area contributed by atoms with Crippen molar-refractivity contribution in [2.45, 2.75) is 5.41 Å². The van der Waals surface area contributed by atoms with Gasteiger partial charge in [0.25, 0.3) is 0 Å². The van der Waals surface area contributed by atoms with E-state index in [1.165, 1.54) is 44.5 Å². The summed E-state index contributed by atoms with van der Waals surface area (Å²) in [6, 6.07) is 90.3. The van der Waals surface area contributed by atoms with Gasteiger partial charge in [-0.05, 0) is 104 Å². The number of anilines is 3. The van der Waals surface area contributed by atoms with Crippen LogP contribution in [-0.4, -0.2) is 0 Å². The highest BCUT2D eigenvalue weighted by atomic mass is 16.3. The van der Waals surface area contributed by atoms with Crippen LogP contribution in [-0.2, 0) is 5.41 Å². The maximum absolute atomic E-state index is 6.67. The summed E-state index contributed by atoms with van der Waals surface area (Å²) in [7, 11) is 0. The van der Waals surface area contributed by atoms with E-state index in [0.29, 0.717) is 0 Å². The van der Waals surface area contributed by atoms with Crippen molar-refractivity contribution < 1.29 is 4.42 Å². The van der Waals surface area contributed by atoms with Crippen LogP contribution >= 0.6 is 0 Å². The van der Waals surface area contributed by atoms with Crippen LogP contribution in [0.4, 0.5) is 17.1 Å². The number of hydrogen-bond acceptors (Lipinski definition) is 2. The van der Waals surface area contributed by atoms with Crippen molar-refractivity contribution in [3.8, 4) is 44.5 Å². The first-order valence-corrected chi connectivity index (χ1v) is 21.7. The van der Waals surface area contributed by atoms with Crippen molar-refractivity contribution in [3.63, 3.8) is 0 Å². The van der Waals surface area contributed by atoms with Crippen molar-refractivity contribution in [1.82, 2.24) is 0 Å². The molecule has 1 aliphatic rings. The number of fused-ring (bicyclic) bond motifs is 6. The molecule has 10 aromatic carbocycles. The Morgan fingerprint density at radius 2 is 0.857 bits per heavy atom. The molecule has 11 aromatic rings. The summed E-state index contributed by atoms with van der Waals surface area (Å²) in [5.74, 6) is 0. The third kappa shape index (κ3) is 5.87. The van der Waals surface area contributed by atoms with Crippen LogP contribution in [0, 0.1) is 0 Å². The minimum absolute atomic E-state index is 0.555. The molecule has 0 bridgehead atoms. The average molecular weight is 804 g/mol. The van der Waals surface area contributed by atoms with Gasteiger partial charge in [0.1, 0.15) is 11.2 Å². The van der Waals surface area contributed by atoms with E-state index in [1.807, 2.05) is 0 Å². The Morgan fingerprint density at radius 1 is 0.333 bits per heavy atom. The molecule has 0 saturated carbocycles. The topological polar surface area (TPSA) is 16.4 Å². The van der Waals surface area contributed by atoms with Gasteiger partial charge >= 0.3 is 0 Å². The van der Waals surface area contributed by atoms with Gasteiger partial charge in [0, 0.05) is 27.7 Å². The maximum Gasteiger partial charge on any atom is 0.136 e. The molecule has 12 rings (SSSR count). The van der Waals surface area contributed by atoms with Gasteiger partial charge in [-0.25, -0.2) is 0 Å². The molecule has 0 N–H and O–H groups in total. The van der Waals surface area contributed by atoms with Crippen LogP contribution in [0.15, 0.2) is 253 Å². The second-order valence-electron chi connectivity index (χ2n) is 16.3. The Bertz CT molecular complexity index is 3390. The Kier molecular flexibility index (Phi) is 8.76. The summed E-state index contributed by atoms with van der Waals surface area (Å²) >= 11 is 0. The van der Waals surface area contributed by atoms with Gasteiger partial charge in [-0.1, -0.05) is 206 Å². The number of para-hydroxylation sites is 1. The zero-order valence-electron chi connectivity index (χ0n) is 34.5. The Labute approximate surface area is 367 Å². The van der Waals surface area contributed by atoms with Crippen molar-refractivity contribution in [2.24, 2.45) is 0 Å². The van der Waals surface area contributed by atoms with Crippen molar-refractivity contribution in [1.29, 1.82) is 0 Å². The Balaban J connectivity index is 1.18. The first kappa shape index (κ1) is 36.6. The largest absolute Gasteiger partial charge is 0.456 e. The van der Waals surface area contributed by atoms with Crippen LogP contribution in [0.25, 0.3) is 66.4 Å². The van der Waals surface area contributed by atoms with E-state index in [4.69, 9.17) is 4.42 Å². The lowest BCUT2D eigenvalue weighted by molar-refractivity contribution is 0.669. The molecule has 0 saturated heterocycles. The number of rotatable bonds is 8. The van der Waals surface area contributed by atoms with E-state index in [1.54, 1.807) is 0 Å². The molecule has 296 valence electrons. The van der Waals surface area contributed by atoms with Crippen molar-refractivity contribution in [3.05, 3.63) is 271 Å². The number of furan rings is 1. The summed E-state index contributed by atoms with van der Waals surface area (Å²) < 4.78 is 6.67. The molecule has 1 aromatic heterocycles. The van der Waals surface area contributed by atoms with E-state index < -0.39 is 5.41 Å². The summed E-state index contributed by atoms with van der Waals surface area (Å²) in [5.41, 5.74) is 18.8. The number of benzene rings is 10. The highest BCUT2D eigenvalue weighted by molar-refractivity contribution is 6.17. The molecule has 2 nitrogen and oxygen atoms in total. The van der Waals surface area contributed by atoms with Crippen LogP contribution in [0.5, 0.6) is 0 Å². The van der Waals surface area contributed by atoms with Crippen LogP contribution in [0.1, 0.15) is 22.3 Å². The van der Waals surface area contributed by atoms with Crippen LogP contribution in [0.3, 0.4) is 0 Å². The lowest BCUT2D eigenvalue weighted by Gasteiger charge is -2.35. The highest BCUT2D eigenvalue weighted by Gasteiger charge is 2.46. The second-order valence-corrected chi connectivity index (χ2v) is 16.3. The number of nitrogens with zero attached hydrogens (tertiary/aromatic N) is 1. The van der Waals surface area contributed by atoms with Gasteiger partial charge < -0.3 is 9.32 Å². The predicted octanol–water partition coefficient (Wildman–Crippen LogP) is 16.4. The van der Waals surface area contributed by atoms with Gasteiger partial charge in [0.05, 0.1) is 11.1 Å². The fraction of sp³-hybridized carbons (Fsp3) is 0.0164. The monoisotopic (exact) mass is 803 g/mol. The maximum atomic E-state index is 6.67. The summed E-state index contributed by atoms with van der Waals surface area (Å²) in [4.78, 5) is 2.47.